The Labute approximate surface area is 155 Å². The van der Waals surface area contributed by atoms with Crippen LogP contribution in [-0.4, -0.2) is 32.1 Å². The third kappa shape index (κ3) is 5.61. The van der Waals surface area contributed by atoms with Gasteiger partial charge >= 0.3 is 0 Å². The van der Waals surface area contributed by atoms with Gasteiger partial charge in [-0.1, -0.05) is 23.8 Å². The third-order valence-corrected chi connectivity index (χ3v) is 4.52. The van der Waals surface area contributed by atoms with Gasteiger partial charge in [0.05, 0.1) is 6.10 Å². The highest BCUT2D eigenvalue weighted by Crippen LogP contribution is 2.27. The summed E-state index contributed by atoms with van der Waals surface area (Å²) in [5, 5.41) is 0. The first-order valence-electron chi connectivity index (χ1n) is 9.06. The summed E-state index contributed by atoms with van der Waals surface area (Å²) in [6.45, 7) is 7.66. The molecule has 0 radical (unpaired) electrons. The first-order chi connectivity index (χ1) is 12.3. The SMILES string of the molecule is Cc1cc(C)c(C(CN(C)C)OCCCc2ccc(F)cc2F)c(C)c1. The van der Waals surface area contributed by atoms with E-state index in [1.807, 2.05) is 14.1 Å². The first-order valence-corrected chi connectivity index (χ1v) is 9.06. The van der Waals surface area contributed by atoms with E-state index in [2.05, 4.69) is 37.8 Å². The highest BCUT2D eigenvalue weighted by Gasteiger charge is 2.18. The van der Waals surface area contributed by atoms with Crippen molar-refractivity contribution in [2.24, 2.45) is 0 Å². The highest BCUT2D eigenvalue weighted by atomic mass is 19.1. The number of benzene rings is 2. The molecule has 0 aliphatic carbocycles. The molecule has 2 rings (SSSR count). The molecule has 2 aromatic carbocycles. The Kier molecular flexibility index (Phi) is 7.30. The monoisotopic (exact) mass is 361 g/mol. The van der Waals surface area contributed by atoms with Gasteiger partial charge in [-0.25, -0.2) is 8.78 Å². The lowest BCUT2D eigenvalue weighted by molar-refractivity contribution is 0.0327. The third-order valence-electron chi connectivity index (χ3n) is 4.52. The van der Waals surface area contributed by atoms with Crippen LogP contribution < -0.4 is 0 Å². The maximum absolute atomic E-state index is 13.7. The van der Waals surface area contributed by atoms with Crippen LogP contribution in [0.25, 0.3) is 0 Å². The minimum Gasteiger partial charge on any atom is -0.372 e. The summed E-state index contributed by atoms with van der Waals surface area (Å²) in [6.07, 6.45) is 1.20. The number of likely N-dealkylation sites (N-methyl/N-ethyl adjacent to an activating group) is 1. The normalized spacial score (nSPS) is 12.6. The molecule has 1 unspecified atom stereocenters. The van der Waals surface area contributed by atoms with Crippen molar-refractivity contribution in [3.05, 3.63) is 69.8 Å². The van der Waals surface area contributed by atoms with E-state index in [1.165, 1.54) is 34.4 Å². The lowest BCUT2D eigenvalue weighted by Crippen LogP contribution is -2.24. The van der Waals surface area contributed by atoms with Crippen molar-refractivity contribution < 1.29 is 13.5 Å². The Morgan fingerprint density at radius 2 is 1.65 bits per heavy atom. The van der Waals surface area contributed by atoms with E-state index in [9.17, 15) is 8.78 Å². The smallest absolute Gasteiger partial charge is 0.129 e. The van der Waals surface area contributed by atoms with E-state index in [0.717, 1.165) is 12.6 Å². The average molecular weight is 361 g/mol. The van der Waals surface area contributed by atoms with Crippen LogP contribution in [-0.2, 0) is 11.2 Å². The molecule has 0 aliphatic rings. The van der Waals surface area contributed by atoms with Crippen molar-refractivity contribution in [3.8, 4) is 0 Å². The van der Waals surface area contributed by atoms with Gasteiger partial charge < -0.3 is 9.64 Å². The second-order valence-corrected chi connectivity index (χ2v) is 7.27. The molecule has 0 heterocycles. The van der Waals surface area contributed by atoms with Crippen molar-refractivity contribution in [3.63, 3.8) is 0 Å². The molecule has 0 aliphatic heterocycles. The fourth-order valence-electron chi connectivity index (χ4n) is 3.47. The van der Waals surface area contributed by atoms with E-state index in [4.69, 9.17) is 4.74 Å². The quantitative estimate of drug-likeness (QED) is 0.604. The molecule has 0 saturated heterocycles. The van der Waals surface area contributed by atoms with E-state index < -0.39 is 11.6 Å². The molecule has 2 nitrogen and oxygen atoms in total. The maximum atomic E-state index is 13.7. The molecular formula is C22H29F2NO. The fraction of sp³-hybridized carbons (Fsp3) is 0.455. The predicted octanol–water partition coefficient (Wildman–Crippen LogP) is 5.14. The van der Waals surface area contributed by atoms with Gasteiger partial charge in [0.1, 0.15) is 11.6 Å². The van der Waals surface area contributed by atoms with Crippen LogP contribution in [0.3, 0.4) is 0 Å². The highest BCUT2D eigenvalue weighted by molar-refractivity contribution is 5.39. The van der Waals surface area contributed by atoms with Gasteiger partial charge in [-0.15, -0.1) is 0 Å². The Morgan fingerprint density at radius 1 is 1.00 bits per heavy atom. The second kappa shape index (κ2) is 9.24. The Bertz CT molecular complexity index is 720. The van der Waals surface area contributed by atoms with Gasteiger partial charge in [-0.05, 0) is 76.0 Å². The molecule has 142 valence electrons. The summed E-state index contributed by atoms with van der Waals surface area (Å²) in [4.78, 5) is 2.11. The zero-order valence-electron chi connectivity index (χ0n) is 16.4. The summed E-state index contributed by atoms with van der Waals surface area (Å²) in [7, 11) is 4.06. The van der Waals surface area contributed by atoms with Gasteiger partial charge in [-0.2, -0.15) is 0 Å². The first kappa shape index (κ1) is 20.5. The molecule has 26 heavy (non-hydrogen) atoms. The number of rotatable bonds is 8. The van der Waals surface area contributed by atoms with Crippen LogP contribution in [0.2, 0.25) is 0 Å². The Balaban J connectivity index is 2.02. The van der Waals surface area contributed by atoms with Gasteiger partial charge in [-0.3, -0.25) is 0 Å². The van der Waals surface area contributed by atoms with Crippen molar-refractivity contribution in [2.45, 2.75) is 39.7 Å². The van der Waals surface area contributed by atoms with E-state index in [0.29, 0.717) is 25.0 Å². The number of aryl methyl sites for hydroxylation is 4. The zero-order chi connectivity index (χ0) is 19.3. The summed E-state index contributed by atoms with van der Waals surface area (Å²) >= 11 is 0. The van der Waals surface area contributed by atoms with Crippen molar-refractivity contribution in [2.75, 3.05) is 27.2 Å². The number of hydrogen-bond acceptors (Lipinski definition) is 2. The van der Waals surface area contributed by atoms with Crippen molar-refractivity contribution in [1.29, 1.82) is 0 Å². The molecule has 4 heteroatoms. The van der Waals surface area contributed by atoms with E-state index in [1.54, 1.807) is 0 Å². The number of ether oxygens (including phenoxy) is 1. The summed E-state index contributed by atoms with van der Waals surface area (Å²) < 4.78 is 32.9. The molecule has 0 aromatic heterocycles. The van der Waals surface area contributed by atoms with Crippen molar-refractivity contribution >= 4 is 0 Å². The molecular weight excluding hydrogens is 332 g/mol. The second-order valence-electron chi connectivity index (χ2n) is 7.27. The molecule has 2 aromatic rings. The standard InChI is InChI=1S/C22H29F2NO/c1-15-11-16(2)22(17(3)12-15)21(14-25(4)5)26-10-6-7-18-8-9-19(23)13-20(18)24/h8-9,11-13,21H,6-7,10,14H2,1-5H3. The average Bonchev–Trinajstić information content (AvgIpc) is 2.51. The minimum absolute atomic E-state index is 0.0244. The lowest BCUT2D eigenvalue weighted by atomic mass is 9.95. The number of hydrogen-bond donors (Lipinski definition) is 0. The van der Waals surface area contributed by atoms with Crippen LogP contribution in [0.1, 0.15) is 40.3 Å². The van der Waals surface area contributed by atoms with Gasteiger partial charge in [0.2, 0.25) is 0 Å². The zero-order valence-corrected chi connectivity index (χ0v) is 16.4. The van der Waals surface area contributed by atoms with E-state index >= 15 is 0 Å². The molecule has 0 N–H and O–H groups in total. The van der Waals surface area contributed by atoms with Crippen LogP contribution in [0.4, 0.5) is 8.78 Å². The number of halogens is 2. The van der Waals surface area contributed by atoms with Gasteiger partial charge in [0, 0.05) is 19.2 Å². The van der Waals surface area contributed by atoms with Crippen LogP contribution in [0.5, 0.6) is 0 Å². The van der Waals surface area contributed by atoms with Crippen molar-refractivity contribution in [1.82, 2.24) is 4.90 Å². The Hall–Kier alpha value is -1.78. The van der Waals surface area contributed by atoms with Crippen LogP contribution in [0.15, 0.2) is 30.3 Å². The molecule has 1 atom stereocenters. The summed E-state index contributed by atoms with van der Waals surface area (Å²) in [5.41, 5.74) is 5.48. The molecule has 0 fully saturated rings. The fourth-order valence-corrected chi connectivity index (χ4v) is 3.47. The van der Waals surface area contributed by atoms with E-state index in [-0.39, 0.29) is 6.10 Å². The van der Waals surface area contributed by atoms with Gasteiger partial charge in [0.15, 0.2) is 0 Å². The largest absolute Gasteiger partial charge is 0.372 e. The topological polar surface area (TPSA) is 12.5 Å². The lowest BCUT2D eigenvalue weighted by Gasteiger charge is -2.25. The predicted molar refractivity (Wildman–Crippen MR) is 103 cm³/mol. The molecule has 0 bridgehead atoms. The minimum atomic E-state index is -0.543. The number of nitrogens with zero attached hydrogens (tertiary/aromatic N) is 1. The molecule has 0 saturated carbocycles. The summed E-state index contributed by atoms with van der Waals surface area (Å²) in [6, 6.07) is 8.11. The molecule has 0 amide bonds. The molecule has 0 spiro atoms. The van der Waals surface area contributed by atoms with Crippen LogP contribution >= 0.6 is 0 Å². The maximum Gasteiger partial charge on any atom is 0.129 e. The van der Waals surface area contributed by atoms with Gasteiger partial charge in [0.25, 0.3) is 0 Å². The Morgan fingerprint density at radius 3 is 2.23 bits per heavy atom. The van der Waals surface area contributed by atoms with Crippen LogP contribution in [0, 0.1) is 32.4 Å². The summed E-state index contributed by atoms with van der Waals surface area (Å²) in [5.74, 6) is -1.03.